The van der Waals surface area contributed by atoms with Gasteiger partial charge in [-0.05, 0) is 35.9 Å². The number of carbonyl (C=O) groups excluding carboxylic acids is 2. The minimum absolute atomic E-state index is 0.156. The van der Waals surface area contributed by atoms with Gasteiger partial charge in [0.25, 0.3) is 5.91 Å². The maximum atomic E-state index is 14.1. The van der Waals surface area contributed by atoms with Gasteiger partial charge in [0.1, 0.15) is 5.82 Å². The Balaban J connectivity index is 1.61. The molecule has 120 valence electrons. The van der Waals surface area contributed by atoms with Gasteiger partial charge in [0.15, 0.2) is 0 Å². The SMILES string of the molecule is O=C(NCCC(=O)N1CCCc2cccc(F)c21)c1ccsc1. The van der Waals surface area contributed by atoms with E-state index in [2.05, 4.69) is 5.32 Å². The van der Waals surface area contributed by atoms with E-state index in [0.717, 1.165) is 18.4 Å². The van der Waals surface area contributed by atoms with Crippen molar-refractivity contribution in [3.8, 4) is 0 Å². The molecule has 0 saturated heterocycles. The summed E-state index contributed by atoms with van der Waals surface area (Å²) in [5.74, 6) is -0.719. The van der Waals surface area contributed by atoms with Crippen molar-refractivity contribution in [1.29, 1.82) is 0 Å². The van der Waals surface area contributed by atoms with Crippen LogP contribution in [0.1, 0.15) is 28.8 Å². The molecular formula is C17H17FN2O2S. The first-order chi connectivity index (χ1) is 11.2. The number of hydrogen-bond acceptors (Lipinski definition) is 3. The molecular weight excluding hydrogens is 315 g/mol. The molecule has 0 saturated carbocycles. The number of benzene rings is 1. The molecule has 1 N–H and O–H groups in total. The fourth-order valence-electron chi connectivity index (χ4n) is 2.77. The summed E-state index contributed by atoms with van der Waals surface area (Å²) in [6.45, 7) is 0.763. The summed E-state index contributed by atoms with van der Waals surface area (Å²) in [4.78, 5) is 25.7. The zero-order valence-electron chi connectivity index (χ0n) is 12.5. The third-order valence-electron chi connectivity index (χ3n) is 3.88. The molecule has 1 aliphatic heterocycles. The smallest absolute Gasteiger partial charge is 0.252 e. The Morgan fingerprint density at radius 1 is 1.30 bits per heavy atom. The molecule has 6 heteroatoms. The number of nitrogens with one attached hydrogen (secondary N) is 1. The Morgan fingerprint density at radius 3 is 2.96 bits per heavy atom. The number of aryl methyl sites for hydroxylation is 1. The maximum absolute atomic E-state index is 14.1. The highest BCUT2D eigenvalue weighted by Crippen LogP contribution is 2.30. The number of anilines is 1. The first kappa shape index (κ1) is 15.7. The second-order valence-corrected chi connectivity index (χ2v) is 6.19. The molecule has 1 aromatic carbocycles. The van der Waals surface area contributed by atoms with Crippen molar-refractivity contribution in [1.82, 2.24) is 5.32 Å². The first-order valence-electron chi connectivity index (χ1n) is 7.55. The van der Waals surface area contributed by atoms with Crippen molar-refractivity contribution in [3.05, 3.63) is 52.0 Å². The van der Waals surface area contributed by atoms with Crippen LogP contribution in [0.2, 0.25) is 0 Å². The zero-order valence-corrected chi connectivity index (χ0v) is 13.4. The zero-order chi connectivity index (χ0) is 16.2. The number of rotatable bonds is 4. The highest BCUT2D eigenvalue weighted by atomic mass is 32.1. The number of carbonyl (C=O) groups is 2. The Kier molecular flexibility index (Phi) is 4.71. The molecule has 0 spiro atoms. The maximum Gasteiger partial charge on any atom is 0.252 e. The van der Waals surface area contributed by atoms with E-state index in [0.29, 0.717) is 17.8 Å². The van der Waals surface area contributed by atoms with E-state index in [1.807, 2.05) is 11.4 Å². The fraction of sp³-hybridized carbons (Fsp3) is 0.294. The summed E-state index contributed by atoms with van der Waals surface area (Å²) in [7, 11) is 0. The molecule has 4 nitrogen and oxygen atoms in total. The number of thiophene rings is 1. The van der Waals surface area contributed by atoms with E-state index in [1.54, 1.807) is 17.5 Å². The summed E-state index contributed by atoms with van der Waals surface area (Å²) >= 11 is 1.45. The van der Waals surface area contributed by atoms with E-state index in [-0.39, 0.29) is 30.6 Å². The van der Waals surface area contributed by atoms with Gasteiger partial charge >= 0.3 is 0 Å². The monoisotopic (exact) mass is 332 g/mol. The van der Waals surface area contributed by atoms with Gasteiger partial charge in [-0.3, -0.25) is 9.59 Å². The lowest BCUT2D eigenvalue weighted by molar-refractivity contribution is -0.118. The van der Waals surface area contributed by atoms with Crippen LogP contribution < -0.4 is 10.2 Å². The largest absolute Gasteiger partial charge is 0.351 e. The summed E-state index contributed by atoms with van der Waals surface area (Å²) in [6.07, 6.45) is 1.76. The molecule has 0 radical (unpaired) electrons. The fourth-order valence-corrected chi connectivity index (χ4v) is 3.40. The lowest BCUT2D eigenvalue weighted by Gasteiger charge is -2.29. The quantitative estimate of drug-likeness (QED) is 0.936. The third-order valence-corrected chi connectivity index (χ3v) is 4.56. The topological polar surface area (TPSA) is 49.4 Å². The van der Waals surface area contributed by atoms with Crippen molar-refractivity contribution in [3.63, 3.8) is 0 Å². The standard InChI is InChI=1S/C17H17FN2O2S/c18-14-5-1-3-12-4-2-9-20(16(12)14)15(21)6-8-19-17(22)13-7-10-23-11-13/h1,3,5,7,10-11H,2,4,6,8-9H2,(H,19,22). The molecule has 3 rings (SSSR count). The Morgan fingerprint density at radius 2 is 2.17 bits per heavy atom. The van der Waals surface area contributed by atoms with Crippen molar-refractivity contribution in [2.45, 2.75) is 19.3 Å². The lowest BCUT2D eigenvalue weighted by Crippen LogP contribution is -2.38. The van der Waals surface area contributed by atoms with Crippen molar-refractivity contribution in [2.75, 3.05) is 18.0 Å². The molecule has 0 aliphatic carbocycles. The summed E-state index contributed by atoms with van der Waals surface area (Å²) in [5, 5.41) is 6.30. The van der Waals surface area contributed by atoms with Gasteiger partial charge in [-0.1, -0.05) is 12.1 Å². The van der Waals surface area contributed by atoms with Crippen LogP contribution in [-0.4, -0.2) is 24.9 Å². The second kappa shape index (κ2) is 6.91. The minimum Gasteiger partial charge on any atom is -0.351 e. The number of amides is 2. The van der Waals surface area contributed by atoms with E-state index in [9.17, 15) is 14.0 Å². The molecule has 1 aromatic heterocycles. The number of halogens is 1. The molecule has 1 aliphatic rings. The Hall–Kier alpha value is -2.21. The minimum atomic E-state index is -0.363. The average molecular weight is 332 g/mol. The predicted octanol–water partition coefficient (Wildman–Crippen LogP) is 2.99. The van der Waals surface area contributed by atoms with Gasteiger partial charge in [-0.2, -0.15) is 11.3 Å². The Bertz CT molecular complexity index is 715. The average Bonchev–Trinajstić information content (AvgIpc) is 3.09. The highest BCUT2D eigenvalue weighted by Gasteiger charge is 2.25. The summed E-state index contributed by atoms with van der Waals surface area (Å²) < 4.78 is 14.1. The van der Waals surface area contributed by atoms with E-state index >= 15 is 0 Å². The van der Waals surface area contributed by atoms with Crippen LogP contribution in [0.5, 0.6) is 0 Å². The number of hydrogen-bond donors (Lipinski definition) is 1. The predicted molar refractivity (Wildman–Crippen MR) is 88.3 cm³/mol. The molecule has 0 bridgehead atoms. The number of fused-ring (bicyclic) bond motifs is 1. The van der Waals surface area contributed by atoms with E-state index in [4.69, 9.17) is 0 Å². The second-order valence-electron chi connectivity index (χ2n) is 5.41. The van der Waals surface area contributed by atoms with Gasteiger partial charge in [0.05, 0.1) is 5.69 Å². The van der Waals surface area contributed by atoms with Crippen LogP contribution in [0.25, 0.3) is 0 Å². The van der Waals surface area contributed by atoms with Crippen LogP contribution in [-0.2, 0) is 11.2 Å². The van der Waals surface area contributed by atoms with Gasteiger partial charge in [-0.15, -0.1) is 0 Å². The van der Waals surface area contributed by atoms with E-state index < -0.39 is 0 Å². The van der Waals surface area contributed by atoms with Crippen molar-refractivity contribution >= 4 is 28.8 Å². The molecule has 0 fully saturated rings. The summed E-state index contributed by atoms with van der Waals surface area (Å²) in [6, 6.07) is 6.64. The van der Waals surface area contributed by atoms with Crippen LogP contribution in [0.15, 0.2) is 35.0 Å². The highest BCUT2D eigenvalue weighted by molar-refractivity contribution is 7.08. The summed E-state index contributed by atoms with van der Waals surface area (Å²) in [5.41, 5.74) is 1.86. The molecule has 23 heavy (non-hydrogen) atoms. The van der Waals surface area contributed by atoms with Gasteiger partial charge in [0.2, 0.25) is 5.91 Å². The van der Waals surface area contributed by atoms with E-state index in [1.165, 1.54) is 22.3 Å². The number of para-hydroxylation sites is 1. The molecule has 2 amide bonds. The van der Waals surface area contributed by atoms with Crippen LogP contribution >= 0.6 is 11.3 Å². The Labute approximate surface area is 137 Å². The molecule has 0 unspecified atom stereocenters. The van der Waals surface area contributed by atoms with Crippen molar-refractivity contribution in [2.24, 2.45) is 0 Å². The van der Waals surface area contributed by atoms with Gasteiger partial charge in [-0.25, -0.2) is 4.39 Å². The van der Waals surface area contributed by atoms with Gasteiger partial charge < -0.3 is 10.2 Å². The van der Waals surface area contributed by atoms with Crippen molar-refractivity contribution < 1.29 is 14.0 Å². The normalized spacial score (nSPS) is 13.5. The number of nitrogens with zero attached hydrogens (tertiary/aromatic N) is 1. The van der Waals surface area contributed by atoms with Crippen LogP contribution in [0, 0.1) is 5.82 Å². The van der Waals surface area contributed by atoms with Crippen LogP contribution in [0.4, 0.5) is 10.1 Å². The lowest BCUT2D eigenvalue weighted by atomic mass is 10.0. The third kappa shape index (κ3) is 3.42. The van der Waals surface area contributed by atoms with Gasteiger partial charge in [0, 0.05) is 30.5 Å². The molecule has 2 aromatic rings. The molecule has 2 heterocycles. The molecule has 0 atom stereocenters. The van der Waals surface area contributed by atoms with Crippen LogP contribution in [0.3, 0.4) is 0 Å². The first-order valence-corrected chi connectivity index (χ1v) is 8.49.